The zero-order chi connectivity index (χ0) is 9.97. The number of halogens is 2. The quantitative estimate of drug-likeness (QED) is 0.715. The molecule has 1 heterocycles. The Morgan fingerprint density at radius 2 is 2.21 bits per heavy atom. The molecule has 0 aromatic heterocycles. The van der Waals surface area contributed by atoms with Gasteiger partial charge < -0.3 is 4.84 Å². The van der Waals surface area contributed by atoms with Crippen LogP contribution >= 0.6 is 23.2 Å². The molecule has 1 aliphatic heterocycles. The minimum atomic E-state index is -0.0112. The summed E-state index contributed by atoms with van der Waals surface area (Å²) in [4.78, 5) is 5.12. The van der Waals surface area contributed by atoms with Gasteiger partial charge in [-0.3, -0.25) is 0 Å². The van der Waals surface area contributed by atoms with Gasteiger partial charge in [0.05, 0.1) is 11.6 Å². The van der Waals surface area contributed by atoms with Crippen LogP contribution in [0, 0.1) is 0 Å². The Morgan fingerprint density at radius 3 is 2.86 bits per heavy atom. The minimum Gasteiger partial charge on any atom is -0.391 e. The third kappa shape index (κ3) is 1.86. The number of oxime groups is 1. The molecule has 14 heavy (non-hydrogen) atoms. The first-order valence-corrected chi connectivity index (χ1v) is 5.26. The second-order valence-corrected chi connectivity index (χ2v) is 3.82. The van der Waals surface area contributed by atoms with E-state index in [0.29, 0.717) is 10.9 Å². The van der Waals surface area contributed by atoms with E-state index >= 15 is 0 Å². The van der Waals surface area contributed by atoms with E-state index in [9.17, 15) is 0 Å². The molecule has 2 nitrogen and oxygen atoms in total. The van der Waals surface area contributed by atoms with Gasteiger partial charge in [0.15, 0.2) is 0 Å². The van der Waals surface area contributed by atoms with Gasteiger partial charge in [0, 0.05) is 17.0 Å². The molecule has 0 bridgehead atoms. The van der Waals surface area contributed by atoms with Crippen LogP contribution < -0.4 is 0 Å². The van der Waals surface area contributed by atoms with Gasteiger partial charge in [-0.1, -0.05) is 35.0 Å². The number of nitrogens with zero attached hydrogens (tertiary/aromatic N) is 1. The number of rotatable bonds is 2. The zero-order valence-electron chi connectivity index (χ0n) is 7.41. The summed E-state index contributed by atoms with van der Waals surface area (Å²) in [6.07, 6.45) is 0.718. The first-order chi connectivity index (χ1) is 6.81. The summed E-state index contributed by atoms with van der Waals surface area (Å²) in [7, 11) is 0. The highest BCUT2D eigenvalue weighted by Crippen LogP contribution is 2.22. The molecule has 1 aromatic rings. The molecular formula is C10H9Cl2NO. The minimum absolute atomic E-state index is 0.0112. The Balaban J connectivity index is 2.22. The first-order valence-electron chi connectivity index (χ1n) is 4.35. The predicted molar refractivity (Wildman–Crippen MR) is 58.2 cm³/mol. The largest absolute Gasteiger partial charge is 0.391 e. The van der Waals surface area contributed by atoms with Crippen molar-refractivity contribution in [2.75, 3.05) is 5.88 Å². The van der Waals surface area contributed by atoms with Gasteiger partial charge in [0.1, 0.15) is 6.10 Å². The van der Waals surface area contributed by atoms with Crippen LogP contribution in [0.3, 0.4) is 0 Å². The van der Waals surface area contributed by atoms with Crippen LogP contribution in [0.25, 0.3) is 0 Å². The van der Waals surface area contributed by atoms with Crippen LogP contribution in [0.4, 0.5) is 0 Å². The Hall–Kier alpha value is -0.730. The average molecular weight is 230 g/mol. The second kappa shape index (κ2) is 4.20. The summed E-state index contributed by atoms with van der Waals surface area (Å²) < 4.78 is 0. The predicted octanol–water partition coefficient (Wildman–Crippen LogP) is 3.07. The molecule has 0 saturated carbocycles. The Labute approximate surface area is 92.5 Å². The monoisotopic (exact) mass is 229 g/mol. The molecule has 1 unspecified atom stereocenters. The summed E-state index contributed by atoms with van der Waals surface area (Å²) >= 11 is 11.7. The smallest absolute Gasteiger partial charge is 0.146 e. The molecule has 0 aliphatic carbocycles. The molecule has 74 valence electrons. The van der Waals surface area contributed by atoms with E-state index in [2.05, 4.69) is 5.16 Å². The Bertz CT molecular complexity index is 365. The van der Waals surface area contributed by atoms with Gasteiger partial charge in [-0.25, -0.2) is 0 Å². The molecule has 1 atom stereocenters. The van der Waals surface area contributed by atoms with E-state index in [0.717, 1.165) is 17.7 Å². The van der Waals surface area contributed by atoms with Crippen molar-refractivity contribution in [1.82, 2.24) is 0 Å². The van der Waals surface area contributed by atoms with Crippen molar-refractivity contribution in [2.45, 2.75) is 12.5 Å². The number of hydrogen-bond acceptors (Lipinski definition) is 2. The van der Waals surface area contributed by atoms with Gasteiger partial charge in [-0.15, -0.1) is 11.6 Å². The van der Waals surface area contributed by atoms with Crippen molar-refractivity contribution in [3.63, 3.8) is 0 Å². The Kier molecular flexibility index (Phi) is 2.94. The van der Waals surface area contributed by atoms with Crippen LogP contribution in [-0.2, 0) is 4.84 Å². The van der Waals surface area contributed by atoms with Crippen LogP contribution in [0.15, 0.2) is 29.4 Å². The highest BCUT2D eigenvalue weighted by molar-refractivity contribution is 6.34. The lowest BCUT2D eigenvalue weighted by molar-refractivity contribution is 0.102. The maximum Gasteiger partial charge on any atom is 0.146 e. The fourth-order valence-electron chi connectivity index (χ4n) is 1.37. The topological polar surface area (TPSA) is 21.6 Å². The van der Waals surface area contributed by atoms with E-state index in [-0.39, 0.29) is 6.10 Å². The number of hydrogen-bond donors (Lipinski definition) is 0. The molecular weight excluding hydrogens is 221 g/mol. The average Bonchev–Trinajstić information content (AvgIpc) is 2.67. The van der Waals surface area contributed by atoms with Crippen LogP contribution in [0.2, 0.25) is 5.02 Å². The second-order valence-electron chi connectivity index (χ2n) is 3.10. The lowest BCUT2D eigenvalue weighted by Gasteiger charge is -2.02. The number of benzene rings is 1. The summed E-state index contributed by atoms with van der Waals surface area (Å²) in [6.45, 7) is 0. The van der Waals surface area contributed by atoms with E-state index < -0.39 is 0 Å². The lowest BCUT2D eigenvalue weighted by Crippen LogP contribution is -2.09. The van der Waals surface area contributed by atoms with Crippen molar-refractivity contribution in [3.05, 3.63) is 34.9 Å². The van der Waals surface area contributed by atoms with Gasteiger partial charge in [-0.2, -0.15) is 0 Å². The third-order valence-corrected chi connectivity index (χ3v) is 2.76. The van der Waals surface area contributed by atoms with Crippen molar-refractivity contribution in [2.24, 2.45) is 5.16 Å². The SMILES string of the molecule is ClCC1CC(c2ccccc2Cl)=NO1. The van der Waals surface area contributed by atoms with Gasteiger partial charge in [0.2, 0.25) is 0 Å². The highest BCUT2D eigenvalue weighted by atomic mass is 35.5. The van der Waals surface area contributed by atoms with Crippen molar-refractivity contribution < 1.29 is 4.84 Å². The summed E-state index contributed by atoms with van der Waals surface area (Å²) in [6, 6.07) is 7.59. The summed E-state index contributed by atoms with van der Waals surface area (Å²) in [5, 5.41) is 4.67. The van der Waals surface area contributed by atoms with Crippen molar-refractivity contribution >= 4 is 28.9 Å². The Morgan fingerprint density at radius 1 is 1.43 bits per heavy atom. The van der Waals surface area contributed by atoms with Crippen molar-refractivity contribution in [3.8, 4) is 0 Å². The van der Waals surface area contributed by atoms with E-state index in [1.807, 2.05) is 24.3 Å². The molecule has 1 aromatic carbocycles. The lowest BCUT2D eigenvalue weighted by atomic mass is 10.1. The molecule has 0 saturated heterocycles. The zero-order valence-corrected chi connectivity index (χ0v) is 8.92. The summed E-state index contributed by atoms with van der Waals surface area (Å²) in [5.74, 6) is 0.456. The molecule has 0 fully saturated rings. The van der Waals surface area contributed by atoms with Crippen LogP contribution in [-0.4, -0.2) is 17.7 Å². The molecule has 2 rings (SSSR count). The standard InChI is InChI=1S/C10H9Cl2NO/c11-6-7-5-10(13-14-7)8-3-1-2-4-9(8)12/h1-4,7H,5-6H2. The van der Waals surface area contributed by atoms with E-state index in [1.165, 1.54) is 0 Å². The van der Waals surface area contributed by atoms with Crippen LogP contribution in [0.5, 0.6) is 0 Å². The first kappa shape index (κ1) is 9.81. The highest BCUT2D eigenvalue weighted by Gasteiger charge is 2.22. The molecule has 0 amide bonds. The third-order valence-electron chi connectivity index (χ3n) is 2.09. The van der Waals surface area contributed by atoms with Crippen LogP contribution in [0.1, 0.15) is 12.0 Å². The molecule has 0 radical (unpaired) electrons. The van der Waals surface area contributed by atoms with Gasteiger partial charge in [0.25, 0.3) is 0 Å². The normalized spacial score (nSPS) is 20.4. The fourth-order valence-corrected chi connectivity index (χ4v) is 1.78. The molecule has 1 aliphatic rings. The van der Waals surface area contributed by atoms with Crippen molar-refractivity contribution in [1.29, 1.82) is 0 Å². The molecule has 0 spiro atoms. The maximum atomic E-state index is 6.03. The molecule has 0 N–H and O–H groups in total. The van der Waals surface area contributed by atoms with E-state index in [4.69, 9.17) is 28.0 Å². The van der Waals surface area contributed by atoms with E-state index in [1.54, 1.807) is 0 Å². The fraction of sp³-hybridized carbons (Fsp3) is 0.300. The maximum absolute atomic E-state index is 6.03. The summed E-state index contributed by atoms with van der Waals surface area (Å²) in [5.41, 5.74) is 1.81. The molecule has 4 heteroatoms. The number of alkyl halides is 1. The van der Waals surface area contributed by atoms with Gasteiger partial charge >= 0.3 is 0 Å². The van der Waals surface area contributed by atoms with Gasteiger partial charge in [-0.05, 0) is 6.07 Å².